The van der Waals surface area contributed by atoms with Crippen LogP contribution in [0.2, 0.25) is 0 Å². The molecule has 2 aromatic rings. The van der Waals surface area contributed by atoms with E-state index in [0.717, 1.165) is 11.4 Å². The smallest absolute Gasteiger partial charge is 0.297 e. The van der Waals surface area contributed by atoms with E-state index in [1.165, 1.54) is 0 Å². The van der Waals surface area contributed by atoms with Crippen molar-refractivity contribution in [2.24, 2.45) is 7.05 Å². The van der Waals surface area contributed by atoms with Crippen molar-refractivity contribution in [2.45, 2.75) is 13.5 Å². The molecule has 2 rings (SSSR count). The van der Waals surface area contributed by atoms with E-state index in [2.05, 4.69) is 11.1 Å². The lowest BCUT2D eigenvalue weighted by atomic mass is 10.2. The third-order valence-electron chi connectivity index (χ3n) is 2.85. The van der Waals surface area contributed by atoms with E-state index in [0.29, 0.717) is 23.7 Å². The van der Waals surface area contributed by atoms with Crippen LogP contribution in [0.25, 0.3) is 0 Å². The molecule has 2 N–H and O–H groups in total. The molecule has 1 aromatic carbocycles. The zero-order valence-electron chi connectivity index (χ0n) is 10.9. The molecular weight excluding hydrogens is 240 g/mol. The SMILES string of the molecule is Cc1nc(N)c(COc2ccc(C#N)cc2)c[n+]1C. The zero-order valence-corrected chi connectivity index (χ0v) is 10.9. The quantitative estimate of drug-likeness (QED) is 0.837. The predicted octanol–water partition coefficient (Wildman–Crippen LogP) is 1.25. The summed E-state index contributed by atoms with van der Waals surface area (Å²) in [6.45, 7) is 2.24. The van der Waals surface area contributed by atoms with Crippen LogP contribution in [-0.4, -0.2) is 4.98 Å². The summed E-state index contributed by atoms with van der Waals surface area (Å²) in [5.41, 5.74) is 7.29. The van der Waals surface area contributed by atoms with E-state index >= 15 is 0 Å². The van der Waals surface area contributed by atoms with Gasteiger partial charge in [0.1, 0.15) is 18.6 Å². The highest BCUT2D eigenvalue weighted by atomic mass is 16.5. The van der Waals surface area contributed by atoms with Crippen LogP contribution >= 0.6 is 0 Å². The molecule has 0 spiro atoms. The Morgan fingerprint density at radius 3 is 2.68 bits per heavy atom. The van der Waals surface area contributed by atoms with Gasteiger partial charge in [0.2, 0.25) is 5.82 Å². The first-order chi connectivity index (χ1) is 9.10. The molecule has 0 unspecified atom stereocenters. The predicted molar refractivity (Wildman–Crippen MR) is 70.1 cm³/mol. The molecule has 0 aliphatic heterocycles. The van der Waals surface area contributed by atoms with Crippen LogP contribution in [0.5, 0.6) is 5.75 Å². The molecule has 0 saturated heterocycles. The molecule has 0 amide bonds. The molecule has 0 saturated carbocycles. The van der Waals surface area contributed by atoms with E-state index in [4.69, 9.17) is 15.7 Å². The summed E-state index contributed by atoms with van der Waals surface area (Å²) >= 11 is 0. The summed E-state index contributed by atoms with van der Waals surface area (Å²) in [7, 11) is 1.91. The number of nitrogens with two attached hydrogens (primary N) is 1. The van der Waals surface area contributed by atoms with Crippen molar-refractivity contribution in [1.29, 1.82) is 5.26 Å². The van der Waals surface area contributed by atoms with Crippen molar-refractivity contribution < 1.29 is 9.30 Å². The molecule has 5 nitrogen and oxygen atoms in total. The Balaban J connectivity index is 2.10. The molecule has 1 aromatic heterocycles. The Morgan fingerprint density at radius 2 is 2.05 bits per heavy atom. The van der Waals surface area contributed by atoms with Crippen molar-refractivity contribution in [2.75, 3.05) is 5.73 Å². The van der Waals surface area contributed by atoms with Gasteiger partial charge in [0.05, 0.1) is 24.2 Å². The summed E-state index contributed by atoms with van der Waals surface area (Å²) in [6, 6.07) is 9.01. The molecule has 5 heteroatoms. The molecule has 1 heterocycles. The topological polar surface area (TPSA) is 75.8 Å². The van der Waals surface area contributed by atoms with Gasteiger partial charge >= 0.3 is 0 Å². The maximum Gasteiger partial charge on any atom is 0.297 e. The van der Waals surface area contributed by atoms with Crippen molar-refractivity contribution >= 4 is 5.82 Å². The third kappa shape index (κ3) is 2.99. The lowest BCUT2D eigenvalue weighted by Gasteiger charge is -2.06. The average molecular weight is 255 g/mol. The zero-order chi connectivity index (χ0) is 13.8. The van der Waals surface area contributed by atoms with Gasteiger partial charge in [-0.2, -0.15) is 5.26 Å². The van der Waals surface area contributed by atoms with Crippen LogP contribution in [0.3, 0.4) is 0 Å². The Kier molecular flexibility index (Phi) is 3.62. The van der Waals surface area contributed by atoms with Crippen molar-refractivity contribution in [3.8, 4) is 11.8 Å². The average Bonchev–Trinajstić information content (AvgIpc) is 2.42. The van der Waals surface area contributed by atoms with E-state index in [9.17, 15) is 0 Å². The van der Waals surface area contributed by atoms with E-state index < -0.39 is 0 Å². The van der Waals surface area contributed by atoms with Crippen LogP contribution in [0.1, 0.15) is 17.0 Å². The maximum absolute atomic E-state index is 8.71. The van der Waals surface area contributed by atoms with Crippen molar-refractivity contribution in [3.05, 3.63) is 47.4 Å². The summed E-state index contributed by atoms with van der Waals surface area (Å²) in [5, 5.41) is 8.71. The lowest BCUT2D eigenvalue weighted by Crippen LogP contribution is -2.34. The summed E-state index contributed by atoms with van der Waals surface area (Å²) in [5.74, 6) is 2.02. The number of anilines is 1. The minimum Gasteiger partial charge on any atom is -0.489 e. The Labute approximate surface area is 111 Å². The molecule has 96 valence electrons. The van der Waals surface area contributed by atoms with Crippen LogP contribution < -0.4 is 15.0 Å². The Morgan fingerprint density at radius 1 is 1.37 bits per heavy atom. The Hall–Kier alpha value is -2.61. The van der Waals surface area contributed by atoms with Gasteiger partial charge in [-0.15, -0.1) is 0 Å². The fourth-order valence-electron chi connectivity index (χ4n) is 1.62. The molecule has 0 radical (unpaired) electrons. The number of rotatable bonds is 3. The number of nitriles is 1. The number of hydrogen-bond acceptors (Lipinski definition) is 4. The fraction of sp³-hybridized carbons (Fsp3) is 0.214. The van der Waals surface area contributed by atoms with Gasteiger partial charge in [-0.05, 0) is 29.2 Å². The highest BCUT2D eigenvalue weighted by molar-refractivity contribution is 5.37. The number of benzene rings is 1. The third-order valence-corrected chi connectivity index (χ3v) is 2.85. The van der Waals surface area contributed by atoms with Crippen LogP contribution in [0.4, 0.5) is 5.82 Å². The summed E-state index contributed by atoms with van der Waals surface area (Å²) < 4.78 is 7.52. The van der Waals surface area contributed by atoms with Crippen molar-refractivity contribution in [3.63, 3.8) is 0 Å². The highest BCUT2D eigenvalue weighted by Crippen LogP contribution is 2.15. The lowest BCUT2D eigenvalue weighted by molar-refractivity contribution is -0.681. The monoisotopic (exact) mass is 255 g/mol. The van der Waals surface area contributed by atoms with Crippen LogP contribution in [-0.2, 0) is 13.7 Å². The van der Waals surface area contributed by atoms with E-state index in [1.807, 2.05) is 24.7 Å². The number of ether oxygens (including phenoxy) is 1. The molecule has 0 bridgehead atoms. The number of nitrogen functional groups attached to an aromatic ring is 1. The van der Waals surface area contributed by atoms with Gasteiger partial charge in [0, 0.05) is 6.92 Å². The van der Waals surface area contributed by atoms with Crippen LogP contribution in [0.15, 0.2) is 30.5 Å². The normalized spacial score (nSPS) is 9.95. The molecule has 0 aliphatic carbocycles. The van der Waals surface area contributed by atoms with Gasteiger partial charge < -0.3 is 10.5 Å². The Bertz CT molecular complexity index is 629. The molecule has 19 heavy (non-hydrogen) atoms. The van der Waals surface area contributed by atoms with Crippen molar-refractivity contribution in [1.82, 2.24) is 4.98 Å². The fourth-order valence-corrected chi connectivity index (χ4v) is 1.62. The van der Waals surface area contributed by atoms with E-state index in [-0.39, 0.29) is 0 Å². The van der Waals surface area contributed by atoms with Gasteiger partial charge in [-0.25, -0.2) is 4.57 Å². The second-order valence-corrected chi connectivity index (χ2v) is 4.23. The number of aromatic nitrogens is 2. The minimum absolute atomic E-state index is 0.346. The van der Waals surface area contributed by atoms with Gasteiger partial charge in [-0.3, -0.25) is 0 Å². The highest BCUT2D eigenvalue weighted by Gasteiger charge is 2.12. The summed E-state index contributed by atoms with van der Waals surface area (Å²) in [4.78, 5) is 4.23. The maximum atomic E-state index is 8.71. The molecule has 0 atom stereocenters. The van der Waals surface area contributed by atoms with Crippen LogP contribution in [0, 0.1) is 18.3 Å². The first-order valence-corrected chi connectivity index (χ1v) is 5.84. The van der Waals surface area contributed by atoms with Gasteiger partial charge in [0.15, 0.2) is 0 Å². The molecule has 0 fully saturated rings. The summed E-state index contributed by atoms with van der Waals surface area (Å²) in [6.07, 6.45) is 1.90. The van der Waals surface area contributed by atoms with E-state index in [1.54, 1.807) is 24.3 Å². The molecular formula is C14H15N4O+. The number of hydrogen-bond donors (Lipinski definition) is 1. The largest absolute Gasteiger partial charge is 0.489 e. The second-order valence-electron chi connectivity index (χ2n) is 4.23. The first kappa shape index (κ1) is 12.8. The van der Waals surface area contributed by atoms with Gasteiger partial charge in [0.25, 0.3) is 5.82 Å². The standard InChI is InChI=1S/C14H14N4O/c1-10-17-14(16)12(8-18(10)2)9-19-13-5-3-11(7-15)4-6-13/h3-6,8,16H,9H2,1-2H3/p+1. The number of aryl methyl sites for hydroxylation is 2. The minimum atomic E-state index is 0.346. The van der Waals surface area contributed by atoms with Gasteiger partial charge in [-0.1, -0.05) is 0 Å². The molecule has 0 aliphatic rings. The first-order valence-electron chi connectivity index (χ1n) is 5.84. The number of nitrogens with zero attached hydrogens (tertiary/aromatic N) is 3. The second kappa shape index (κ2) is 5.36.